The number of carbonyl (C=O) groups excluding carboxylic acids is 4. The molecule has 0 aliphatic heterocycles. The molecule has 0 amide bonds. The van der Waals surface area contributed by atoms with Crippen molar-refractivity contribution in [2.75, 3.05) is 0 Å². The normalized spacial score (nSPS) is 12.2. The fraction of sp³-hybridized carbons (Fsp3) is 0.125. The molecule has 17 heteroatoms. The van der Waals surface area contributed by atoms with Crippen LogP contribution in [0.5, 0.6) is 0 Å². The summed E-state index contributed by atoms with van der Waals surface area (Å²) in [4.78, 5) is 40.8. The Hall–Kier alpha value is -2.60. The summed E-state index contributed by atoms with van der Waals surface area (Å²) >= 11 is 12.7. The van der Waals surface area contributed by atoms with Gasteiger partial charge in [-0.25, -0.2) is 0 Å². The van der Waals surface area contributed by atoms with Crippen LogP contribution in [0.25, 0.3) is 0 Å². The molecule has 0 bridgehead atoms. The molecule has 4 atom stereocenters. The fourth-order valence-electron chi connectivity index (χ4n) is 3.12. The van der Waals surface area contributed by atoms with Crippen LogP contribution in [0.2, 0.25) is 0 Å². The molecule has 0 saturated carbocycles. The minimum absolute atomic E-state index is 0. The van der Waals surface area contributed by atoms with Gasteiger partial charge in [-0.1, -0.05) is 112 Å². The van der Waals surface area contributed by atoms with Gasteiger partial charge in [0.05, 0.1) is 23.9 Å². The Bertz CT molecular complexity index is 1380. The summed E-state index contributed by atoms with van der Waals surface area (Å²) in [6.07, 6.45) is -6.17. The average Bonchev–Trinajstić information content (AvgIpc) is 3.05. The topological polar surface area (TPSA) is 241 Å². The number of halogens is 4. The van der Waals surface area contributed by atoms with Gasteiger partial charge in [-0.05, 0) is 70.8 Å². The molecule has 4 aromatic carbocycles. The quantitative estimate of drug-likeness (QED) is 0.193. The Morgan fingerprint density at radius 2 is 0.490 bits per heavy atom. The van der Waals surface area contributed by atoms with Crippen LogP contribution in [0.15, 0.2) is 115 Å². The Kier molecular flexibility index (Phi) is 22.5. The molecule has 0 aromatic heterocycles. The van der Waals surface area contributed by atoms with Gasteiger partial charge in [0.2, 0.25) is 0 Å². The Morgan fingerprint density at radius 3 is 0.592 bits per heavy atom. The summed E-state index contributed by atoms with van der Waals surface area (Å²) in [5, 5.41) is 76.9. The van der Waals surface area contributed by atoms with Crippen molar-refractivity contribution < 1.29 is 86.2 Å². The van der Waals surface area contributed by atoms with E-state index >= 15 is 0 Å². The van der Waals surface area contributed by atoms with Crippen molar-refractivity contribution in [3.05, 3.63) is 137 Å². The molecule has 4 unspecified atom stereocenters. The van der Waals surface area contributed by atoms with Crippen LogP contribution in [0.1, 0.15) is 46.7 Å². The summed E-state index contributed by atoms with van der Waals surface area (Å²) in [6.45, 7) is 0. The molecule has 260 valence electrons. The van der Waals surface area contributed by atoms with Gasteiger partial charge in [0, 0.05) is 44.1 Å². The van der Waals surface area contributed by atoms with Gasteiger partial charge in [0.15, 0.2) is 0 Å². The zero-order valence-corrected chi connectivity index (χ0v) is 33.4. The van der Waals surface area contributed by atoms with Crippen LogP contribution >= 0.6 is 63.7 Å². The third-order valence-electron chi connectivity index (χ3n) is 5.64. The van der Waals surface area contributed by atoms with Crippen molar-refractivity contribution in [2.45, 2.75) is 24.4 Å². The van der Waals surface area contributed by atoms with Crippen molar-refractivity contribution in [3.63, 3.8) is 0 Å². The van der Waals surface area contributed by atoms with Crippen LogP contribution in [-0.2, 0) is 45.4 Å². The number of hydrogen-bond donors (Lipinski definition) is 4. The molecule has 0 fully saturated rings. The molecule has 0 spiro atoms. The number of carboxylic acid groups (broad SMARTS) is 4. The van der Waals surface area contributed by atoms with E-state index in [2.05, 4.69) is 63.7 Å². The molecule has 4 aromatic rings. The van der Waals surface area contributed by atoms with E-state index in [1.807, 2.05) is 0 Å². The largest absolute Gasteiger partial charge is 0.547 e. The van der Waals surface area contributed by atoms with E-state index in [1.54, 1.807) is 48.5 Å². The van der Waals surface area contributed by atoms with E-state index in [0.717, 1.165) is 17.9 Å². The van der Waals surface area contributed by atoms with Crippen LogP contribution < -0.4 is 20.4 Å². The molecule has 0 aliphatic rings. The second-order valence-corrected chi connectivity index (χ2v) is 12.8. The van der Waals surface area contributed by atoms with Crippen LogP contribution in [0.4, 0.5) is 0 Å². The monoisotopic (exact) mass is 1010 g/mol. The molecule has 4 N–H and O–H groups in total. The molecular formula is C32H24Br4O12Zr-4. The molecule has 0 saturated heterocycles. The third kappa shape index (κ3) is 17.8. The average molecular weight is 1010 g/mol. The molecule has 4 rings (SSSR count). The minimum atomic E-state index is -1.54. The second-order valence-electron chi connectivity index (χ2n) is 9.09. The number of rotatable bonds is 8. The van der Waals surface area contributed by atoms with Gasteiger partial charge in [0.1, 0.15) is 24.4 Å². The van der Waals surface area contributed by atoms with Gasteiger partial charge in [-0.3, -0.25) is 0 Å². The summed E-state index contributed by atoms with van der Waals surface area (Å²) in [5.41, 5.74) is 1.27. The van der Waals surface area contributed by atoms with Crippen LogP contribution in [0.3, 0.4) is 0 Å². The van der Waals surface area contributed by atoms with Crippen LogP contribution in [-0.4, -0.2) is 44.3 Å². The van der Waals surface area contributed by atoms with Gasteiger partial charge >= 0.3 is 0 Å². The van der Waals surface area contributed by atoms with Gasteiger partial charge in [0.25, 0.3) is 0 Å². The SMILES string of the molecule is O=C([O-])C(O)c1ccc(Br)cc1.O=C([O-])C(O)c1ccc(Br)cc1.O=C([O-])C(O)c1ccc(Br)cc1.O=C([O-])C(O)c1ccc(Br)cc1.[Zr]. The summed E-state index contributed by atoms with van der Waals surface area (Å²) < 4.78 is 3.32. The zero-order valence-electron chi connectivity index (χ0n) is 24.6. The number of hydrogen-bond acceptors (Lipinski definition) is 12. The molecule has 0 radical (unpaired) electrons. The predicted octanol–water partition coefficient (Wildman–Crippen LogP) is 0.927. The summed E-state index contributed by atoms with van der Waals surface area (Å²) in [7, 11) is 0. The van der Waals surface area contributed by atoms with Crippen molar-refractivity contribution in [3.8, 4) is 0 Å². The van der Waals surface area contributed by atoms with E-state index in [9.17, 15) is 39.6 Å². The first-order valence-electron chi connectivity index (χ1n) is 13.0. The van der Waals surface area contributed by atoms with Crippen molar-refractivity contribution >= 4 is 87.6 Å². The first-order valence-corrected chi connectivity index (χ1v) is 16.2. The maximum Gasteiger partial charge on any atom is 0.118 e. The Morgan fingerprint density at radius 1 is 0.367 bits per heavy atom. The third-order valence-corrected chi connectivity index (χ3v) is 7.75. The predicted molar refractivity (Wildman–Crippen MR) is 176 cm³/mol. The number of aliphatic hydroxyl groups excluding tert-OH is 4. The van der Waals surface area contributed by atoms with E-state index in [0.29, 0.717) is 22.3 Å². The molecule has 49 heavy (non-hydrogen) atoms. The second kappa shape index (κ2) is 23.7. The zero-order chi connectivity index (χ0) is 36.6. The van der Waals surface area contributed by atoms with Gasteiger partial charge < -0.3 is 60.0 Å². The van der Waals surface area contributed by atoms with Crippen molar-refractivity contribution in [1.82, 2.24) is 0 Å². The standard InChI is InChI=1S/4C8H7BrO3.Zr/c4*9-6-3-1-5(2-4-6)7(10)8(11)12;/h4*1-4,7,10H,(H,11,12);/p-4. The maximum atomic E-state index is 10.2. The fourth-order valence-corrected chi connectivity index (χ4v) is 4.18. The number of aliphatic hydroxyl groups is 4. The number of carboxylic acids is 4. The van der Waals surface area contributed by atoms with E-state index in [1.165, 1.54) is 48.5 Å². The van der Waals surface area contributed by atoms with Crippen molar-refractivity contribution in [2.24, 2.45) is 0 Å². The molecule has 12 nitrogen and oxygen atoms in total. The maximum absolute atomic E-state index is 10.2. The van der Waals surface area contributed by atoms with Crippen molar-refractivity contribution in [1.29, 1.82) is 0 Å². The van der Waals surface area contributed by atoms with Gasteiger partial charge in [-0.15, -0.1) is 0 Å². The number of aliphatic carboxylic acids is 4. The first-order chi connectivity index (χ1) is 22.4. The minimum Gasteiger partial charge on any atom is -0.547 e. The number of carbonyl (C=O) groups is 4. The summed E-state index contributed by atoms with van der Waals surface area (Å²) in [6, 6.07) is 25.4. The molecule has 0 heterocycles. The summed E-state index contributed by atoms with van der Waals surface area (Å²) in [5.74, 6) is -5.95. The smallest absolute Gasteiger partial charge is 0.118 e. The van der Waals surface area contributed by atoms with E-state index in [-0.39, 0.29) is 26.2 Å². The Balaban J connectivity index is 0.000000623. The first kappa shape index (κ1) is 46.4. The van der Waals surface area contributed by atoms with E-state index in [4.69, 9.17) is 20.4 Å². The molecule has 0 aliphatic carbocycles. The number of benzene rings is 4. The Labute approximate surface area is 332 Å². The van der Waals surface area contributed by atoms with Crippen LogP contribution in [0, 0.1) is 0 Å². The van der Waals surface area contributed by atoms with E-state index < -0.39 is 48.3 Å². The molecular weight excluding hydrogens is 987 g/mol. The van der Waals surface area contributed by atoms with Gasteiger partial charge in [-0.2, -0.15) is 0 Å².